The zero-order valence-corrected chi connectivity index (χ0v) is 23.0. The van der Waals surface area contributed by atoms with E-state index in [4.69, 9.17) is 9.47 Å². The van der Waals surface area contributed by atoms with Crippen molar-refractivity contribution < 1.29 is 24.2 Å². The minimum Gasteiger partial charge on any atom is -0.507 e. The number of methoxy groups -OCH3 is 1. The lowest BCUT2D eigenvalue weighted by Crippen LogP contribution is -2.29. The van der Waals surface area contributed by atoms with Gasteiger partial charge in [-0.3, -0.25) is 14.5 Å². The van der Waals surface area contributed by atoms with Crippen molar-refractivity contribution >= 4 is 34.5 Å². The minimum atomic E-state index is -0.769. The number of amides is 1. The van der Waals surface area contributed by atoms with Gasteiger partial charge in [-0.2, -0.15) is 0 Å². The fourth-order valence-electron chi connectivity index (χ4n) is 4.84. The predicted octanol–water partition coefficient (Wildman–Crippen LogP) is 7.61. The van der Waals surface area contributed by atoms with E-state index in [1.807, 2.05) is 80.7 Å². The van der Waals surface area contributed by atoms with E-state index in [-0.39, 0.29) is 17.3 Å². The molecule has 1 N–H and O–H groups in total. The number of hydrogen-bond donors (Lipinski definition) is 1. The van der Waals surface area contributed by atoms with Gasteiger partial charge >= 0.3 is 0 Å². The van der Waals surface area contributed by atoms with Gasteiger partial charge in [-0.25, -0.2) is 0 Å². The Morgan fingerprint density at radius 1 is 0.949 bits per heavy atom. The first-order valence-corrected chi connectivity index (χ1v) is 13.5. The first-order valence-electron chi connectivity index (χ1n) is 12.7. The Kier molecular flexibility index (Phi) is 7.26. The number of rotatable bonds is 7. The number of Topliss-reactive ketones (excluding diaryl/α,β-unsaturated/α-hetero) is 1. The monoisotopic (exact) mass is 539 g/mol. The molecule has 3 aromatic carbocycles. The van der Waals surface area contributed by atoms with Gasteiger partial charge in [-0.15, -0.1) is 11.3 Å². The standard InChI is InChI=1S/C32H29NO5S/c1-19(2)24-18-25(20(3)17-26(24)37-4)30(34)28-29(27-11-8-16-39-27)33(32(36)31(28)35)21-12-14-23(15-13-21)38-22-9-6-5-7-10-22/h5-19,29,34H,1-4H3/b30-28+. The van der Waals surface area contributed by atoms with Gasteiger partial charge in [0.1, 0.15) is 29.0 Å². The van der Waals surface area contributed by atoms with Crippen LogP contribution in [0.5, 0.6) is 17.2 Å². The maximum Gasteiger partial charge on any atom is 0.300 e. The number of aryl methyl sites for hydroxylation is 1. The van der Waals surface area contributed by atoms with E-state index in [2.05, 4.69) is 0 Å². The van der Waals surface area contributed by atoms with E-state index >= 15 is 0 Å². The molecule has 39 heavy (non-hydrogen) atoms. The lowest BCUT2D eigenvalue weighted by atomic mass is 9.92. The smallest absolute Gasteiger partial charge is 0.300 e. The molecule has 1 atom stereocenters. The van der Waals surface area contributed by atoms with E-state index in [1.165, 1.54) is 16.2 Å². The number of carbonyl (C=O) groups is 2. The third kappa shape index (κ3) is 4.93. The number of ketones is 1. The van der Waals surface area contributed by atoms with Gasteiger partial charge in [0.2, 0.25) is 0 Å². The Bertz CT molecular complexity index is 1540. The molecule has 1 aromatic heterocycles. The maximum atomic E-state index is 13.5. The number of ether oxygens (including phenoxy) is 2. The summed E-state index contributed by atoms with van der Waals surface area (Å²) in [6, 6.07) is 23.1. The van der Waals surface area contributed by atoms with Crippen LogP contribution in [0.4, 0.5) is 5.69 Å². The molecule has 1 aliphatic rings. The first-order chi connectivity index (χ1) is 18.8. The zero-order chi connectivity index (χ0) is 27.7. The fraction of sp³-hybridized carbons (Fsp3) is 0.188. The number of nitrogens with zero attached hydrogens (tertiary/aromatic N) is 1. The molecule has 1 fully saturated rings. The van der Waals surface area contributed by atoms with Crippen molar-refractivity contribution in [2.75, 3.05) is 12.0 Å². The second-order valence-corrected chi connectivity index (χ2v) is 10.6. The summed E-state index contributed by atoms with van der Waals surface area (Å²) < 4.78 is 11.4. The molecule has 6 nitrogen and oxygen atoms in total. The zero-order valence-electron chi connectivity index (χ0n) is 22.2. The summed E-state index contributed by atoms with van der Waals surface area (Å²) in [4.78, 5) is 29.2. The van der Waals surface area contributed by atoms with E-state index in [9.17, 15) is 14.7 Å². The van der Waals surface area contributed by atoms with Crippen molar-refractivity contribution in [3.8, 4) is 17.2 Å². The van der Waals surface area contributed by atoms with Crippen LogP contribution in [-0.2, 0) is 9.59 Å². The number of anilines is 1. The van der Waals surface area contributed by atoms with Gasteiger partial charge in [0.15, 0.2) is 0 Å². The number of para-hydroxylation sites is 1. The van der Waals surface area contributed by atoms with Gasteiger partial charge in [0.05, 0.1) is 12.7 Å². The van der Waals surface area contributed by atoms with Crippen molar-refractivity contribution in [3.63, 3.8) is 0 Å². The largest absolute Gasteiger partial charge is 0.507 e. The summed E-state index contributed by atoms with van der Waals surface area (Å²) in [7, 11) is 1.61. The second-order valence-electron chi connectivity index (χ2n) is 9.66. The Hall–Kier alpha value is -4.36. The molecular formula is C32H29NO5S. The van der Waals surface area contributed by atoms with Gasteiger partial charge in [0.25, 0.3) is 11.7 Å². The van der Waals surface area contributed by atoms with Crippen molar-refractivity contribution in [1.82, 2.24) is 0 Å². The molecule has 0 saturated carbocycles. The van der Waals surface area contributed by atoms with Crippen LogP contribution in [0.3, 0.4) is 0 Å². The normalized spacial score (nSPS) is 16.6. The number of carbonyl (C=O) groups excluding carboxylic acids is 2. The van der Waals surface area contributed by atoms with E-state index in [0.717, 1.165) is 16.0 Å². The molecule has 1 unspecified atom stereocenters. The highest BCUT2D eigenvalue weighted by molar-refractivity contribution is 7.10. The average Bonchev–Trinajstić information content (AvgIpc) is 3.56. The third-order valence-corrected chi connectivity index (χ3v) is 7.73. The van der Waals surface area contributed by atoms with Gasteiger partial charge in [-0.05, 0) is 83.9 Å². The van der Waals surface area contributed by atoms with Crippen LogP contribution in [0.1, 0.15) is 47.4 Å². The van der Waals surface area contributed by atoms with Gasteiger partial charge in [-0.1, -0.05) is 38.1 Å². The van der Waals surface area contributed by atoms with Crippen molar-refractivity contribution in [2.24, 2.45) is 0 Å². The summed E-state index contributed by atoms with van der Waals surface area (Å²) in [5.41, 5.74) is 2.75. The Morgan fingerprint density at radius 3 is 2.26 bits per heavy atom. The van der Waals surface area contributed by atoms with Crippen molar-refractivity contribution in [2.45, 2.75) is 32.7 Å². The number of aliphatic hydroxyl groups is 1. The van der Waals surface area contributed by atoms with Crippen LogP contribution in [0.2, 0.25) is 0 Å². The number of aliphatic hydroxyl groups excluding tert-OH is 1. The fourth-order valence-corrected chi connectivity index (χ4v) is 5.66. The van der Waals surface area contributed by atoms with Gasteiger partial charge < -0.3 is 14.6 Å². The molecule has 0 radical (unpaired) electrons. The SMILES string of the molecule is COc1cc(C)c(/C(O)=C2\C(=O)C(=O)N(c3ccc(Oc4ccccc4)cc3)C2c2cccs2)cc1C(C)C. The highest BCUT2D eigenvalue weighted by Gasteiger charge is 2.47. The Balaban J connectivity index is 1.60. The summed E-state index contributed by atoms with van der Waals surface area (Å²) in [5.74, 6) is 0.523. The Labute approximate surface area is 231 Å². The van der Waals surface area contributed by atoms with Crippen LogP contribution >= 0.6 is 11.3 Å². The summed E-state index contributed by atoms with van der Waals surface area (Å²) in [5, 5.41) is 13.5. The molecule has 4 aromatic rings. The van der Waals surface area contributed by atoms with Crippen LogP contribution in [0, 0.1) is 6.92 Å². The highest BCUT2D eigenvalue weighted by Crippen LogP contribution is 2.45. The van der Waals surface area contributed by atoms with Crippen molar-refractivity contribution in [1.29, 1.82) is 0 Å². The first kappa shape index (κ1) is 26.3. The molecule has 1 saturated heterocycles. The molecular weight excluding hydrogens is 510 g/mol. The van der Waals surface area contributed by atoms with Gasteiger partial charge in [0, 0.05) is 16.1 Å². The predicted molar refractivity (Wildman–Crippen MR) is 154 cm³/mol. The minimum absolute atomic E-state index is 0.0648. The number of hydrogen-bond acceptors (Lipinski definition) is 6. The van der Waals surface area contributed by atoms with Crippen LogP contribution in [-0.4, -0.2) is 23.9 Å². The second kappa shape index (κ2) is 10.8. The summed E-state index contributed by atoms with van der Waals surface area (Å²) in [6.45, 7) is 5.92. The van der Waals surface area contributed by atoms with Crippen LogP contribution < -0.4 is 14.4 Å². The van der Waals surface area contributed by atoms with Crippen LogP contribution in [0.25, 0.3) is 5.76 Å². The number of benzene rings is 3. The molecule has 5 rings (SSSR count). The molecule has 0 aliphatic carbocycles. The highest BCUT2D eigenvalue weighted by atomic mass is 32.1. The molecule has 1 amide bonds. The quantitative estimate of drug-likeness (QED) is 0.149. The Morgan fingerprint density at radius 2 is 1.64 bits per heavy atom. The topological polar surface area (TPSA) is 76.1 Å². The average molecular weight is 540 g/mol. The summed E-state index contributed by atoms with van der Waals surface area (Å²) in [6.07, 6.45) is 0. The van der Waals surface area contributed by atoms with E-state index < -0.39 is 17.7 Å². The molecule has 1 aliphatic heterocycles. The molecule has 2 heterocycles. The number of thiophene rings is 1. The third-order valence-electron chi connectivity index (χ3n) is 6.80. The lowest BCUT2D eigenvalue weighted by Gasteiger charge is -2.24. The lowest BCUT2D eigenvalue weighted by molar-refractivity contribution is -0.132. The molecule has 7 heteroatoms. The van der Waals surface area contributed by atoms with E-state index in [0.29, 0.717) is 28.5 Å². The molecule has 198 valence electrons. The van der Waals surface area contributed by atoms with Crippen LogP contribution in [0.15, 0.2) is 89.8 Å². The molecule has 0 bridgehead atoms. The van der Waals surface area contributed by atoms with Crippen molar-refractivity contribution in [3.05, 3.63) is 111 Å². The maximum absolute atomic E-state index is 13.5. The summed E-state index contributed by atoms with van der Waals surface area (Å²) >= 11 is 1.43. The molecule has 0 spiro atoms. The van der Waals surface area contributed by atoms with E-state index in [1.54, 1.807) is 31.4 Å².